The van der Waals surface area contributed by atoms with E-state index in [0.29, 0.717) is 17.5 Å². The maximum atomic E-state index is 11.3. The minimum atomic E-state index is -1.01. The monoisotopic (exact) mass is 281 g/mol. The molecule has 0 bridgehead atoms. The van der Waals surface area contributed by atoms with Crippen LogP contribution in [0.4, 0.5) is 5.69 Å². The van der Waals surface area contributed by atoms with Gasteiger partial charge in [0, 0.05) is 19.2 Å². The minimum absolute atomic E-state index is 0.138. The van der Waals surface area contributed by atoms with Crippen molar-refractivity contribution in [2.75, 3.05) is 26.2 Å². The van der Waals surface area contributed by atoms with Crippen molar-refractivity contribution in [3.63, 3.8) is 0 Å². The molecule has 1 atom stereocenters. The van der Waals surface area contributed by atoms with E-state index in [0.717, 1.165) is 18.5 Å². The minimum Gasteiger partial charge on any atom is -0.496 e. The molecule has 0 aromatic heterocycles. The van der Waals surface area contributed by atoms with E-state index < -0.39 is 5.97 Å². The van der Waals surface area contributed by atoms with Crippen LogP contribution in [-0.4, -0.2) is 38.4 Å². The molecule has 0 fully saturated rings. The average Bonchev–Trinajstić information content (AvgIpc) is 2.44. The molecule has 112 valence electrons. The van der Waals surface area contributed by atoms with Crippen molar-refractivity contribution in [2.45, 2.75) is 32.7 Å². The smallest absolute Gasteiger partial charge is 0.339 e. The van der Waals surface area contributed by atoms with Gasteiger partial charge in [-0.3, -0.25) is 0 Å². The summed E-state index contributed by atoms with van der Waals surface area (Å²) >= 11 is 0. The van der Waals surface area contributed by atoms with Crippen molar-refractivity contribution in [1.29, 1.82) is 0 Å². The van der Waals surface area contributed by atoms with Crippen molar-refractivity contribution in [1.82, 2.24) is 0 Å². The number of methoxy groups -OCH3 is 2. The van der Waals surface area contributed by atoms with Gasteiger partial charge < -0.3 is 19.5 Å². The summed E-state index contributed by atoms with van der Waals surface area (Å²) in [4.78, 5) is 13.3. The summed E-state index contributed by atoms with van der Waals surface area (Å²) in [6, 6.07) is 3.52. The lowest BCUT2D eigenvalue weighted by Gasteiger charge is -2.29. The van der Waals surface area contributed by atoms with Crippen molar-refractivity contribution < 1.29 is 19.4 Å². The molecule has 1 unspecified atom stereocenters. The normalized spacial score (nSPS) is 11.8. The second-order valence-corrected chi connectivity index (χ2v) is 4.78. The zero-order valence-corrected chi connectivity index (χ0v) is 12.8. The number of hydrogen-bond donors (Lipinski definition) is 1. The van der Waals surface area contributed by atoms with Gasteiger partial charge in [0.15, 0.2) is 0 Å². The van der Waals surface area contributed by atoms with Gasteiger partial charge in [-0.15, -0.1) is 0 Å². The summed E-state index contributed by atoms with van der Waals surface area (Å²) in [5, 5.41) is 9.27. The molecule has 0 aliphatic heterocycles. The Kier molecular flexibility index (Phi) is 5.67. The Morgan fingerprint density at radius 1 is 1.30 bits per heavy atom. The Morgan fingerprint density at radius 2 is 1.90 bits per heavy atom. The Labute approximate surface area is 120 Å². The molecule has 5 nitrogen and oxygen atoms in total. The maximum Gasteiger partial charge on any atom is 0.339 e. The van der Waals surface area contributed by atoms with E-state index in [-0.39, 0.29) is 5.56 Å². The Hall–Kier alpha value is -1.91. The lowest BCUT2D eigenvalue weighted by atomic mass is 10.1. The van der Waals surface area contributed by atoms with Gasteiger partial charge in [-0.2, -0.15) is 0 Å². The predicted octanol–water partition coefficient (Wildman–Crippen LogP) is 3.03. The molecule has 0 aliphatic rings. The van der Waals surface area contributed by atoms with Crippen LogP contribution in [0.5, 0.6) is 11.5 Å². The van der Waals surface area contributed by atoms with E-state index in [1.54, 1.807) is 19.2 Å². The van der Waals surface area contributed by atoms with Gasteiger partial charge in [0.25, 0.3) is 0 Å². The second-order valence-electron chi connectivity index (χ2n) is 4.78. The van der Waals surface area contributed by atoms with Crippen LogP contribution in [0.1, 0.15) is 37.0 Å². The van der Waals surface area contributed by atoms with Gasteiger partial charge in [-0.25, -0.2) is 4.79 Å². The number of ether oxygens (including phenoxy) is 2. The van der Waals surface area contributed by atoms with Crippen molar-refractivity contribution >= 4 is 11.7 Å². The number of anilines is 1. The number of rotatable bonds is 7. The van der Waals surface area contributed by atoms with Gasteiger partial charge in [0.1, 0.15) is 17.1 Å². The van der Waals surface area contributed by atoms with Crippen LogP contribution in [0.25, 0.3) is 0 Å². The first-order valence-electron chi connectivity index (χ1n) is 6.68. The van der Waals surface area contributed by atoms with Gasteiger partial charge >= 0.3 is 5.97 Å². The highest BCUT2D eigenvalue weighted by Gasteiger charge is 2.20. The second kappa shape index (κ2) is 7.03. The number of hydrogen-bond acceptors (Lipinski definition) is 4. The number of aromatic carboxylic acids is 1. The first kappa shape index (κ1) is 16.1. The third-order valence-electron chi connectivity index (χ3n) is 3.48. The molecule has 0 amide bonds. The summed E-state index contributed by atoms with van der Waals surface area (Å²) in [7, 11) is 4.96. The molecular formula is C15H23NO4. The summed E-state index contributed by atoms with van der Waals surface area (Å²) < 4.78 is 10.5. The van der Waals surface area contributed by atoms with Gasteiger partial charge in [-0.05, 0) is 19.4 Å². The van der Waals surface area contributed by atoms with Gasteiger partial charge in [0.05, 0.1) is 19.9 Å². The maximum absolute atomic E-state index is 11.3. The summed E-state index contributed by atoms with van der Waals surface area (Å²) in [5.41, 5.74) is 0.894. The van der Waals surface area contributed by atoms with E-state index in [2.05, 4.69) is 13.8 Å². The summed E-state index contributed by atoms with van der Waals surface area (Å²) in [6.45, 7) is 4.23. The first-order valence-corrected chi connectivity index (χ1v) is 6.68. The SMILES string of the molecule is CCCC(C)N(C)c1cc(C(=O)O)c(OC)cc1OC. The van der Waals surface area contributed by atoms with E-state index in [4.69, 9.17) is 9.47 Å². The molecule has 1 aromatic carbocycles. The number of carboxylic acids is 1. The predicted molar refractivity (Wildman–Crippen MR) is 79.3 cm³/mol. The lowest BCUT2D eigenvalue weighted by molar-refractivity contribution is 0.0693. The number of carbonyl (C=O) groups is 1. The van der Waals surface area contributed by atoms with Crippen LogP contribution >= 0.6 is 0 Å². The molecule has 1 aromatic rings. The number of nitrogens with zero attached hydrogens (tertiary/aromatic N) is 1. The number of benzene rings is 1. The van der Waals surface area contributed by atoms with Crippen LogP contribution < -0.4 is 14.4 Å². The largest absolute Gasteiger partial charge is 0.496 e. The molecule has 0 heterocycles. The molecule has 1 N–H and O–H groups in total. The van der Waals surface area contributed by atoms with E-state index in [1.165, 1.54) is 7.11 Å². The molecule has 1 rings (SSSR count). The standard InChI is InChI=1S/C15H23NO4/c1-6-7-10(2)16(3)12-8-11(15(17)18)13(19-4)9-14(12)20-5/h8-10H,6-7H2,1-5H3,(H,17,18). The highest BCUT2D eigenvalue weighted by atomic mass is 16.5. The number of carboxylic acid groups (broad SMARTS) is 1. The Morgan fingerprint density at radius 3 is 2.35 bits per heavy atom. The third kappa shape index (κ3) is 3.35. The molecule has 20 heavy (non-hydrogen) atoms. The Bertz CT molecular complexity index is 473. The summed E-state index contributed by atoms with van der Waals surface area (Å²) in [6.07, 6.45) is 2.09. The fraction of sp³-hybridized carbons (Fsp3) is 0.533. The fourth-order valence-electron chi connectivity index (χ4n) is 2.17. The molecule has 0 saturated carbocycles. The van der Waals surface area contributed by atoms with Crippen LogP contribution in [0.3, 0.4) is 0 Å². The summed E-state index contributed by atoms with van der Waals surface area (Å²) in [5.74, 6) is -0.103. The van der Waals surface area contributed by atoms with Crippen LogP contribution in [0, 0.1) is 0 Å². The topological polar surface area (TPSA) is 59.0 Å². The highest BCUT2D eigenvalue weighted by molar-refractivity contribution is 5.93. The van der Waals surface area contributed by atoms with Crippen molar-refractivity contribution in [3.8, 4) is 11.5 Å². The van der Waals surface area contributed by atoms with Crippen molar-refractivity contribution in [2.24, 2.45) is 0 Å². The zero-order valence-electron chi connectivity index (χ0n) is 12.8. The van der Waals surface area contributed by atoms with Crippen LogP contribution in [0.15, 0.2) is 12.1 Å². The molecule has 0 spiro atoms. The van der Waals surface area contributed by atoms with Gasteiger partial charge in [-0.1, -0.05) is 13.3 Å². The third-order valence-corrected chi connectivity index (χ3v) is 3.48. The molecule has 5 heteroatoms. The average molecular weight is 281 g/mol. The van der Waals surface area contributed by atoms with E-state index >= 15 is 0 Å². The van der Waals surface area contributed by atoms with Crippen molar-refractivity contribution in [3.05, 3.63) is 17.7 Å². The molecule has 0 saturated heterocycles. The van der Waals surface area contributed by atoms with Crippen LogP contribution in [0.2, 0.25) is 0 Å². The molecular weight excluding hydrogens is 258 g/mol. The highest BCUT2D eigenvalue weighted by Crippen LogP contribution is 2.36. The fourth-order valence-corrected chi connectivity index (χ4v) is 2.17. The quantitative estimate of drug-likeness (QED) is 0.832. The lowest BCUT2D eigenvalue weighted by Crippen LogP contribution is -2.29. The van der Waals surface area contributed by atoms with E-state index in [1.807, 2.05) is 11.9 Å². The molecule has 0 radical (unpaired) electrons. The van der Waals surface area contributed by atoms with Crippen LogP contribution in [-0.2, 0) is 0 Å². The first-order chi connectivity index (χ1) is 9.46. The van der Waals surface area contributed by atoms with Gasteiger partial charge in [0.2, 0.25) is 0 Å². The Balaban J connectivity index is 3.29. The molecule has 0 aliphatic carbocycles. The van der Waals surface area contributed by atoms with E-state index in [9.17, 15) is 9.90 Å². The zero-order chi connectivity index (χ0) is 15.3.